The molecule has 0 aliphatic carbocycles. The Kier molecular flexibility index (Phi) is 4.75. The Hall–Kier alpha value is -0.900. The number of nitrogens with two attached hydrogens (primary N) is 1. The molecule has 100 valence electrons. The van der Waals surface area contributed by atoms with Gasteiger partial charge in [0, 0.05) is 12.6 Å². The van der Waals surface area contributed by atoms with Crippen molar-refractivity contribution in [3.05, 3.63) is 35.4 Å². The summed E-state index contributed by atoms with van der Waals surface area (Å²) >= 11 is 0. The van der Waals surface area contributed by atoms with E-state index in [2.05, 4.69) is 26.0 Å². The molecule has 2 N–H and O–H groups in total. The monoisotopic (exact) mass is 249 g/mol. The second-order valence-corrected chi connectivity index (χ2v) is 4.97. The third-order valence-electron chi connectivity index (χ3n) is 3.58. The maximum atomic E-state index is 6.23. The molecule has 0 radical (unpaired) electrons. The van der Waals surface area contributed by atoms with Gasteiger partial charge < -0.3 is 15.2 Å². The van der Waals surface area contributed by atoms with Crippen molar-refractivity contribution >= 4 is 0 Å². The lowest BCUT2D eigenvalue weighted by Gasteiger charge is -2.27. The van der Waals surface area contributed by atoms with E-state index in [1.54, 1.807) is 0 Å². The summed E-state index contributed by atoms with van der Waals surface area (Å²) in [6, 6.07) is 8.36. The summed E-state index contributed by atoms with van der Waals surface area (Å²) in [6.45, 7) is 5.70. The van der Waals surface area contributed by atoms with Crippen LogP contribution >= 0.6 is 0 Å². The number of ether oxygens (including phenoxy) is 2. The van der Waals surface area contributed by atoms with Crippen molar-refractivity contribution < 1.29 is 9.47 Å². The van der Waals surface area contributed by atoms with Crippen LogP contribution in [0.25, 0.3) is 0 Å². The van der Waals surface area contributed by atoms with Crippen LogP contribution in [-0.4, -0.2) is 25.4 Å². The Morgan fingerprint density at radius 3 is 2.83 bits per heavy atom. The minimum atomic E-state index is -0.0251. The smallest absolute Gasteiger partial charge is 0.0983 e. The van der Waals surface area contributed by atoms with Gasteiger partial charge in [-0.2, -0.15) is 0 Å². The predicted molar refractivity (Wildman–Crippen MR) is 72.5 cm³/mol. The van der Waals surface area contributed by atoms with Crippen molar-refractivity contribution in [3.63, 3.8) is 0 Å². The number of hydrogen-bond acceptors (Lipinski definition) is 3. The van der Waals surface area contributed by atoms with Crippen LogP contribution in [0.5, 0.6) is 0 Å². The highest BCUT2D eigenvalue weighted by Gasteiger charge is 2.26. The van der Waals surface area contributed by atoms with Crippen molar-refractivity contribution in [1.82, 2.24) is 0 Å². The van der Waals surface area contributed by atoms with Gasteiger partial charge in [0.15, 0.2) is 0 Å². The average Bonchev–Trinajstić information content (AvgIpc) is 2.89. The molecule has 3 heteroatoms. The highest BCUT2D eigenvalue weighted by molar-refractivity contribution is 5.28. The van der Waals surface area contributed by atoms with Crippen LogP contribution in [-0.2, 0) is 9.47 Å². The SMILES string of the molecule is CCC(N)C(OC1CCOC1)c1ccccc1C. The first-order valence-corrected chi connectivity index (χ1v) is 6.76. The van der Waals surface area contributed by atoms with Crippen LogP contribution in [0.4, 0.5) is 0 Å². The normalized spacial score (nSPS) is 22.9. The molecule has 3 atom stereocenters. The molecular formula is C15H23NO2. The summed E-state index contributed by atoms with van der Waals surface area (Å²) in [6.07, 6.45) is 2.04. The molecule has 0 aromatic heterocycles. The van der Waals surface area contributed by atoms with E-state index in [1.165, 1.54) is 11.1 Å². The highest BCUT2D eigenvalue weighted by atomic mass is 16.6. The molecule has 2 rings (SSSR count). The van der Waals surface area contributed by atoms with Crippen LogP contribution < -0.4 is 5.73 Å². The Labute approximate surface area is 109 Å². The molecule has 3 unspecified atom stereocenters. The lowest BCUT2D eigenvalue weighted by atomic mass is 9.96. The Morgan fingerprint density at radius 1 is 1.44 bits per heavy atom. The minimum absolute atomic E-state index is 0.0251. The van der Waals surface area contributed by atoms with Gasteiger partial charge in [0.25, 0.3) is 0 Å². The van der Waals surface area contributed by atoms with Crippen LogP contribution in [0.1, 0.15) is 37.0 Å². The van der Waals surface area contributed by atoms with Crippen molar-refractivity contribution in [2.75, 3.05) is 13.2 Å². The molecule has 0 spiro atoms. The molecule has 18 heavy (non-hydrogen) atoms. The molecule has 0 bridgehead atoms. The minimum Gasteiger partial charge on any atom is -0.379 e. The van der Waals surface area contributed by atoms with Crippen molar-refractivity contribution in [1.29, 1.82) is 0 Å². The number of aryl methyl sites for hydroxylation is 1. The predicted octanol–water partition coefficient (Wildman–Crippen LogP) is 2.58. The third kappa shape index (κ3) is 3.10. The van der Waals surface area contributed by atoms with E-state index in [-0.39, 0.29) is 18.2 Å². The lowest BCUT2D eigenvalue weighted by molar-refractivity contribution is -0.0304. The van der Waals surface area contributed by atoms with E-state index in [9.17, 15) is 0 Å². The summed E-state index contributed by atoms with van der Waals surface area (Å²) < 4.78 is 11.6. The summed E-state index contributed by atoms with van der Waals surface area (Å²) in [5.74, 6) is 0. The zero-order valence-electron chi connectivity index (χ0n) is 11.3. The molecular weight excluding hydrogens is 226 g/mol. The van der Waals surface area contributed by atoms with Gasteiger partial charge in [-0.15, -0.1) is 0 Å². The largest absolute Gasteiger partial charge is 0.379 e. The summed E-state index contributed by atoms with van der Waals surface area (Å²) in [5, 5.41) is 0. The van der Waals surface area contributed by atoms with Gasteiger partial charge in [0.1, 0.15) is 0 Å². The van der Waals surface area contributed by atoms with Gasteiger partial charge in [-0.25, -0.2) is 0 Å². The summed E-state index contributed by atoms with van der Waals surface area (Å²) in [7, 11) is 0. The van der Waals surface area contributed by atoms with E-state index in [0.717, 1.165) is 19.4 Å². The second kappa shape index (κ2) is 6.32. The molecule has 0 saturated carbocycles. The topological polar surface area (TPSA) is 44.5 Å². The van der Waals surface area contributed by atoms with Gasteiger partial charge in [-0.1, -0.05) is 31.2 Å². The number of benzene rings is 1. The van der Waals surface area contributed by atoms with E-state index < -0.39 is 0 Å². The van der Waals surface area contributed by atoms with E-state index in [0.29, 0.717) is 6.61 Å². The number of rotatable bonds is 5. The molecule has 0 amide bonds. The Bertz CT molecular complexity index is 375. The maximum Gasteiger partial charge on any atom is 0.0983 e. The van der Waals surface area contributed by atoms with Gasteiger partial charge >= 0.3 is 0 Å². The fourth-order valence-corrected chi connectivity index (χ4v) is 2.35. The van der Waals surface area contributed by atoms with E-state index in [4.69, 9.17) is 15.2 Å². The highest BCUT2D eigenvalue weighted by Crippen LogP contribution is 2.28. The molecule has 3 nitrogen and oxygen atoms in total. The molecule has 1 fully saturated rings. The van der Waals surface area contributed by atoms with Crippen molar-refractivity contribution in [2.24, 2.45) is 5.73 Å². The fourth-order valence-electron chi connectivity index (χ4n) is 2.35. The third-order valence-corrected chi connectivity index (χ3v) is 3.58. The molecule has 1 aliphatic rings. The van der Waals surface area contributed by atoms with Crippen LogP contribution in [0, 0.1) is 6.92 Å². The lowest BCUT2D eigenvalue weighted by Crippen LogP contribution is -2.33. The van der Waals surface area contributed by atoms with Crippen molar-refractivity contribution in [2.45, 2.75) is 44.9 Å². The summed E-state index contributed by atoms with van der Waals surface area (Å²) in [5.41, 5.74) is 8.68. The van der Waals surface area contributed by atoms with E-state index in [1.807, 2.05) is 12.1 Å². The maximum absolute atomic E-state index is 6.23. The van der Waals surface area contributed by atoms with Crippen LogP contribution in [0.15, 0.2) is 24.3 Å². The van der Waals surface area contributed by atoms with Gasteiger partial charge in [-0.05, 0) is 30.9 Å². The van der Waals surface area contributed by atoms with Crippen molar-refractivity contribution in [3.8, 4) is 0 Å². The van der Waals surface area contributed by atoms with Gasteiger partial charge in [0.05, 0.1) is 18.8 Å². The average molecular weight is 249 g/mol. The molecule has 1 aromatic carbocycles. The summed E-state index contributed by atoms with van der Waals surface area (Å²) in [4.78, 5) is 0. The Balaban J connectivity index is 2.16. The zero-order chi connectivity index (χ0) is 13.0. The van der Waals surface area contributed by atoms with Gasteiger partial charge in [0.2, 0.25) is 0 Å². The fraction of sp³-hybridized carbons (Fsp3) is 0.600. The van der Waals surface area contributed by atoms with Gasteiger partial charge in [-0.3, -0.25) is 0 Å². The molecule has 1 aliphatic heterocycles. The van der Waals surface area contributed by atoms with E-state index >= 15 is 0 Å². The van der Waals surface area contributed by atoms with Crippen LogP contribution in [0.2, 0.25) is 0 Å². The quantitative estimate of drug-likeness (QED) is 0.872. The zero-order valence-corrected chi connectivity index (χ0v) is 11.3. The second-order valence-electron chi connectivity index (χ2n) is 4.97. The standard InChI is InChI=1S/C15H23NO2/c1-3-14(16)15(18-12-8-9-17-10-12)13-7-5-4-6-11(13)2/h4-7,12,14-15H,3,8-10,16H2,1-2H3. The van der Waals surface area contributed by atoms with Crippen LogP contribution in [0.3, 0.4) is 0 Å². The first kappa shape index (κ1) is 13.5. The first-order valence-electron chi connectivity index (χ1n) is 6.76. The molecule has 1 aromatic rings. The molecule has 1 saturated heterocycles. The number of hydrogen-bond donors (Lipinski definition) is 1. The molecule has 1 heterocycles. The first-order chi connectivity index (χ1) is 8.72. The Morgan fingerprint density at radius 2 is 2.22 bits per heavy atom.